The third kappa shape index (κ3) is 3.00. The van der Waals surface area contributed by atoms with Crippen LogP contribution in [0.3, 0.4) is 0 Å². The molecule has 0 amide bonds. The highest BCUT2D eigenvalue weighted by Crippen LogP contribution is 2.24. The van der Waals surface area contributed by atoms with Crippen LogP contribution in [0.2, 0.25) is 0 Å². The number of hydrogen-bond donors (Lipinski definition) is 1. The summed E-state index contributed by atoms with van der Waals surface area (Å²) in [6, 6.07) is 6.86. The zero-order valence-electron chi connectivity index (χ0n) is 11.9. The normalized spacial score (nSPS) is 11.9. The van der Waals surface area contributed by atoms with Crippen LogP contribution in [0.15, 0.2) is 30.5 Å². The molecule has 20 heavy (non-hydrogen) atoms. The van der Waals surface area contributed by atoms with E-state index in [4.69, 9.17) is 5.11 Å². The van der Waals surface area contributed by atoms with Gasteiger partial charge in [-0.2, -0.15) is 0 Å². The van der Waals surface area contributed by atoms with E-state index in [-0.39, 0.29) is 5.82 Å². The van der Waals surface area contributed by atoms with E-state index < -0.39 is 11.4 Å². The minimum atomic E-state index is -0.758. The Morgan fingerprint density at radius 2 is 2.05 bits per heavy atom. The number of hydrogen-bond acceptors (Lipinski definition) is 1. The molecule has 0 unspecified atom stereocenters. The predicted octanol–water partition coefficient (Wildman–Crippen LogP) is 4.06. The summed E-state index contributed by atoms with van der Waals surface area (Å²) in [6.07, 6.45) is 4.26. The van der Waals surface area contributed by atoms with E-state index in [1.54, 1.807) is 26.0 Å². The number of nitrogens with zero attached hydrogens (tertiary/aromatic N) is 1. The van der Waals surface area contributed by atoms with Gasteiger partial charge in [-0.05, 0) is 44.9 Å². The molecule has 0 aliphatic heterocycles. The molecule has 3 nitrogen and oxygen atoms in total. The second-order valence-corrected chi connectivity index (χ2v) is 5.83. The molecule has 0 saturated heterocycles. The van der Waals surface area contributed by atoms with Gasteiger partial charge in [0.05, 0.1) is 10.9 Å². The smallest absolute Gasteiger partial charge is 0.309 e. The molecule has 1 heterocycles. The summed E-state index contributed by atoms with van der Waals surface area (Å²) in [6.45, 7) is 4.27. The number of fused-ring (bicyclic) bond motifs is 1. The van der Waals surface area contributed by atoms with Gasteiger partial charge in [0.2, 0.25) is 0 Å². The van der Waals surface area contributed by atoms with Gasteiger partial charge in [-0.25, -0.2) is 4.39 Å². The summed E-state index contributed by atoms with van der Waals surface area (Å²) in [5.74, 6) is -0.959. The maximum absolute atomic E-state index is 13.6. The first-order valence-electron chi connectivity index (χ1n) is 6.88. The highest BCUT2D eigenvalue weighted by atomic mass is 19.1. The molecule has 0 saturated carbocycles. The van der Waals surface area contributed by atoms with Gasteiger partial charge >= 0.3 is 5.97 Å². The summed E-state index contributed by atoms with van der Waals surface area (Å²) < 4.78 is 15.6. The number of aryl methyl sites for hydroxylation is 1. The first-order valence-corrected chi connectivity index (χ1v) is 6.88. The molecule has 0 atom stereocenters. The molecule has 0 bridgehead atoms. The monoisotopic (exact) mass is 277 g/mol. The Morgan fingerprint density at radius 1 is 1.30 bits per heavy atom. The number of benzene rings is 1. The van der Waals surface area contributed by atoms with Crippen molar-refractivity contribution in [3.63, 3.8) is 0 Å². The van der Waals surface area contributed by atoms with Crippen LogP contribution >= 0.6 is 0 Å². The third-order valence-electron chi connectivity index (χ3n) is 3.79. The standard InChI is InChI=1S/C16H20FNO2/c1-16(2,15(19)20)9-3-4-10-18-11-8-12-13(17)6-5-7-14(12)18/h5-8,11H,3-4,9-10H2,1-2H3,(H,19,20). The van der Waals surface area contributed by atoms with Gasteiger partial charge in [-0.15, -0.1) is 0 Å². The predicted molar refractivity (Wildman–Crippen MR) is 77.2 cm³/mol. The fourth-order valence-electron chi connectivity index (χ4n) is 2.34. The van der Waals surface area contributed by atoms with E-state index in [2.05, 4.69) is 0 Å². The second kappa shape index (κ2) is 5.65. The molecule has 0 radical (unpaired) electrons. The minimum Gasteiger partial charge on any atom is -0.481 e. The number of aliphatic carboxylic acids is 1. The van der Waals surface area contributed by atoms with Crippen molar-refractivity contribution in [2.24, 2.45) is 5.41 Å². The summed E-state index contributed by atoms with van der Waals surface area (Å²) >= 11 is 0. The van der Waals surface area contributed by atoms with Crippen LogP contribution in [-0.2, 0) is 11.3 Å². The molecule has 4 heteroatoms. The van der Waals surface area contributed by atoms with Crippen LogP contribution < -0.4 is 0 Å². The summed E-state index contributed by atoms with van der Waals surface area (Å²) in [4.78, 5) is 11.0. The Bertz CT molecular complexity index is 616. The van der Waals surface area contributed by atoms with E-state index in [0.717, 1.165) is 24.9 Å². The Kier molecular flexibility index (Phi) is 4.12. The van der Waals surface area contributed by atoms with Gasteiger partial charge in [0, 0.05) is 18.1 Å². The highest BCUT2D eigenvalue weighted by molar-refractivity contribution is 5.80. The molecule has 0 spiro atoms. The van der Waals surface area contributed by atoms with Crippen LogP contribution in [0, 0.1) is 11.2 Å². The molecule has 1 aromatic carbocycles. The van der Waals surface area contributed by atoms with Crippen molar-refractivity contribution in [2.45, 2.75) is 39.7 Å². The van der Waals surface area contributed by atoms with E-state index >= 15 is 0 Å². The summed E-state index contributed by atoms with van der Waals surface area (Å²) in [7, 11) is 0. The fraction of sp³-hybridized carbons (Fsp3) is 0.438. The zero-order valence-corrected chi connectivity index (χ0v) is 11.9. The van der Waals surface area contributed by atoms with Crippen LogP contribution in [0.25, 0.3) is 10.9 Å². The molecule has 0 aliphatic rings. The van der Waals surface area contributed by atoms with Crippen molar-refractivity contribution in [1.29, 1.82) is 0 Å². The van der Waals surface area contributed by atoms with Gasteiger partial charge in [0.15, 0.2) is 0 Å². The van der Waals surface area contributed by atoms with Crippen LogP contribution in [0.1, 0.15) is 33.1 Å². The molecule has 1 N–H and O–H groups in total. The number of aromatic nitrogens is 1. The quantitative estimate of drug-likeness (QED) is 0.809. The van der Waals surface area contributed by atoms with Gasteiger partial charge in [-0.1, -0.05) is 12.5 Å². The van der Waals surface area contributed by atoms with E-state index in [1.807, 2.05) is 16.8 Å². The first kappa shape index (κ1) is 14.6. The lowest BCUT2D eigenvalue weighted by atomic mass is 9.87. The number of carboxylic acid groups (broad SMARTS) is 1. The van der Waals surface area contributed by atoms with Crippen molar-refractivity contribution in [3.05, 3.63) is 36.3 Å². The van der Waals surface area contributed by atoms with Gasteiger partial charge in [-0.3, -0.25) is 4.79 Å². The molecular weight excluding hydrogens is 257 g/mol. The Morgan fingerprint density at radius 3 is 2.75 bits per heavy atom. The summed E-state index contributed by atoms with van der Waals surface area (Å²) in [5, 5.41) is 9.69. The Labute approximate surface area is 118 Å². The maximum atomic E-state index is 13.6. The van der Waals surface area contributed by atoms with Crippen molar-refractivity contribution in [3.8, 4) is 0 Å². The molecular formula is C16H20FNO2. The lowest BCUT2D eigenvalue weighted by molar-refractivity contribution is -0.147. The minimum absolute atomic E-state index is 0.201. The fourth-order valence-corrected chi connectivity index (χ4v) is 2.34. The van der Waals surface area contributed by atoms with Crippen molar-refractivity contribution in [2.75, 3.05) is 0 Å². The van der Waals surface area contributed by atoms with Gasteiger partial charge in [0.1, 0.15) is 5.82 Å². The second-order valence-electron chi connectivity index (χ2n) is 5.83. The van der Waals surface area contributed by atoms with E-state index in [0.29, 0.717) is 11.8 Å². The van der Waals surface area contributed by atoms with E-state index in [9.17, 15) is 9.18 Å². The number of unbranched alkanes of at least 4 members (excludes halogenated alkanes) is 1. The first-order chi connectivity index (χ1) is 9.42. The molecule has 2 rings (SSSR count). The largest absolute Gasteiger partial charge is 0.481 e. The lowest BCUT2D eigenvalue weighted by Gasteiger charge is -2.18. The topological polar surface area (TPSA) is 42.2 Å². The number of carbonyl (C=O) groups is 1. The molecule has 2 aromatic rings. The number of carboxylic acids is 1. The van der Waals surface area contributed by atoms with Crippen molar-refractivity contribution < 1.29 is 14.3 Å². The molecule has 1 aromatic heterocycles. The van der Waals surface area contributed by atoms with Crippen LogP contribution in [0.4, 0.5) is 4.39 Å². The van der Waals surface area contributed by atoms with Crippen molar-refractivity contribution >= 4 is 16.9 Å². The Balaban J connectivity index is 1.94. The van der Waals surface area contributed by atoms with E-state index in [1.165, 1.54) is 6.07 Å². The molecule has 108 valence electrons. The summed E-state index contributed by atoms with van der Waals surface area (Å²) in [5.41, 5.74) is 0.215. The average molecular weight is 277 g/mol. The van der Waals surface area contributed by atoms with Gasteiger partial charge in [0.25, 0.3) is 0 Å². The molecule has 0 aliphatic carbocycles. The number of halogens is 1. The zero-order chi connectivity index (χ0) is 14.8. The lowest BCUT2D eigenvalue weighted by Crippen LogP contribution is -2.23. The van der Waals surface area contributed by atoms with Crippen LogP contribution in [0.5, 0.6) is 0 Å². The maximum Gasteiger partial charge on any atom is 0.309 e. The number of rotatable bonds is 6. The Hall–Kier alpha value is -1.84. The van der Waals surface area contributed by atoms with Gasteiger partial charge < -0.3 is 9.67 Å². The van der Waals surface area contributed by atoms with Crippen LogP contribution in [-0.4, -0.2) is 15.6 Å². The molecule has 0 fully saturated rings. The third-order valence-corrected chi connectivity index (χ3v) is 3.79. The van der Waals surface area contributed by atoms with Crippen molar-refractivity contribution in [1.82, 2.24) is 4.57 Å². The highest BCUT2D eigenvalue weighted by Gasteiger charge is 2.25. The SMILES string of the molecule is CC(C)(CCCCn1ccc2c(F)cccc21)C(=O)O. The average Bonchev–Trinajstić information content (AvgIpc) is 2.79.